The van der Waals surface area contributed by atoms with E-state index in [-0.39, 0.29) is 13.0 Å². The molecule has 1 rings (SSSR count). The number of hydrogen-bond donors (Lipinski definition) is 1. The average molecular weight is 239 g/mol. The van der Waals surface area contributed by atoms with Crippen LogP contribution >= 0.6 is 0 Å². The summed E-state index contributed by atoms with van der Waals surface area (Å²) in [5.74, 6) is -0.924. The summed E-state index contributed by atoms with van der Waals surface area (Å²) in [6.07, 6.45) is -2.75. The molecule has 0 bridgehead atoms. The lowest BCUT2D eigenvalue weighted by Gasteiger charge is -2.32. The Labute approximate surface area is 92.2 Å². The minimum Gasteiger partial charge on any atom is -0.480 e. The molecule has 0 amide bonds. The van der Waals surface area contributed by atoms with Crippen molar-refractivity contribution in [1.82, 2.24) is 4.90 Å². The van der Waals surface area contributed by atoms with Gasteiger partial charge in [0.25, 0.3) is 0 Å². The molecule has 1 aliphatic rings. The second-order valence-electron chi connectivity index (χ2n) is 4.10. The normalized spacial score (nSPS) is 23.3. The van der Waals surface area contributed by atoms with Gasteiger partial charge >= 0.3 is 12.1 Å². The minimum absolute atomic E-state index is 0.0206. The van der Waals surface area contributed by atoms with Crippen LogP contribution < -0.4 is 0 Å². The quantitative estimate of drug-likeness (QED) is 0.818. The van der Waals surface area contributed by atoms with Crippen molar-refractivity contribution >= 4 is 5.97 Å². The molecule has 0 radical (unpaired) electrons. The Balaban J connectivity index is 2.36. The third-order valence-electron chi connectivity index (χ3n) is 2.80. The van der Waals surface area contributed by atoms with Gasteiger partial charge in [-0.3, -0.25) is 9.69 Å². The zero-order valence-corrected chi connectivity index (χ0v) is 8.96. The van der Waals surface area contributed by atoms with Crippen molar-refractivity contribution in [2.45, 2.75) is 44.3 Å². The second kappa shape index (κ2) is 5.52. The molecule has 1 heterocycles. The van der Waals surface area contributed by atoms with Crippen LogP contribution in [-0.4, -0.2) is 41.3 Å². The number of likely N-dealkylation sites (tertiary alicyclic amines) is 1. The standard InChI is InChI=1S/C10H16F3NO2/c11-10(12,13)5-3-7-14-6-2-1-4-8(14)9(15)16/h8H,1-7H2,(H,15,16). The van der Waals surface area contributed by atoms with Crippen LogP contribution in [0.15, 0.2) is 0 Å². The van der Waals surface area contributed by atoms with Crippen LogP contribution in [0, 0.1) is 0 Å². The van der Waals surface area contributed by atoms with E-state index < -0.39 is 24.6 Å². The molecule has 1 fully saturated rings. The summed E-state index contributed by atoms with van der Waals surface area (Å²) < 4.78 is 35.8. The van der Waals surface area contributed by atoms with Gasteiger partial charge in [-0.2, -0.15) is 13.2 Å². The van der Waals surface area contributed by atoms with E-state index in [9.17, 15) is 18.0 Å². The summed E-state index contributed by atoms with van der Waals surface area (Å²) in [4.78, 5) is 12.5. The van der Waals surface area contributed by atoms with Crippen molar-refractivity contribution < 1.29 is 23.1 Å². The predicted molar refractivity (Wildman–Crippen MR) is 52.1 cm³/mol. The van der Waals surface area contributed by atoms with Gasteiger partial charge in [-0.1, -0.05) is 6.42 Å². The molecule has 0 spiro atoms. The first kappa shape index (κ1) is 13.3. The highest BCUT2D eigenvalue weighted by atomic mass is 19.4. The first-order chi connectivity index (χ1) is 7.40. The highest BCUT2D eigenvalue weighted by Crippen LogP contribution is 2.23. The lowest BCUT2D eigenvalue weighted by Crippen LogP contribution is -2.45. The maximum Gasteiger partial charge on any atom is 0.389 e. The maximum atomic E-state index is 11.9. The van der Waals surface area contributed by atoms with E-state index in [1.807, 2.05) is 0 Å². The van der Waals surface area contributed by atoms with Gasteiger partial charge in [-0.05, 0) is 32.4 Å². The van der Waals surface area contributed by atoms with E-state index in [1.54, 1.807) is 4.90 Å². The number of carbonyl (C=O) groups is 1. The molecule has 0 aromatic rings. The third-order valence-corrected chi connectivity index (χ3v) is 2.80. The van der Waals surface area contributed by atoms with Crippen LogP contribution in [0.4, 0.5) is 13.2 Å². The summed E-state index contributed by atoms with van der Waals surface area (Å²) in [7, 11) is 0. The highest BCUT2D eigenvalue weighted by Gasteiger charge is 2.30. The number of nitrogens with zero attached hydrogens (tertiary/aromatic N) is 1. The van der Waals surface area contributed by atoms with E-state index in [2.05, 4.69) is 0 Å². The molecule has 1 aliphatic heterocycles. The average Bonchev–Trinajstić information content (AvgIpc) is 2.16. The van der Waals surface area contributed by atoms with Crippen LogP contribution in [-0.2, 0) is 4.79 Å². The van der Waals surface area contributed by atoms with Gasteiger partial charge in [0.05, 0.1) is 0 Å². The van der Waals surface area contributed by atoms with Crippen molar-refractivity contribution in [3.8, 4) is 0 Å². The molecular weight excluding hydrogens is 223 g/mol. The lowest BCUT2D eigenvalue weighted by molar-refractivity contribution is -0.145. The van der Waals surface area contributed by atoms with Gasteiger partial charge in [0.2, 0.25) is 0 Å². The van der Waals surface area contributed by atoms with Crippen LogP contribution in [0.3, 0.4) is 0 Å². The molecule has 0 saturated carbocycles. The van der Waals surface area contributed by atoms with Gasteiger partial charge in [0.15, 0.2) is 0 Å². The monoisotopic (exact) mass is 239 g/mol. The molecule has 94 valence electrons. The molecule has 1 saturated heterocycles. The van der Waals surface area contributed by atoms with Gasteiger partial charge in [0.1, 0.15) is 6.04 Å². The molecular formula is C10H16F3NO2. The first-order valence-electron chi connectivity index (χ1n) is 5.44. The summed E-state index contributed by atoms with van der Waals surface area (Å²) in [6.45, 7) is 0.811. The minimum atomic E-state index is -4.14. The SMILES string of the molecule is O=C(O)C1CCCCN1CCCC(F)(F)F. The molecule has 1 unspecified atom stereocenters. The van der Waals surface area contributed by atoms with E-state index in [0.717, 1.165) is 12.8 Å². The Hall–Kier alpha value is -0.780. The Kier molecular flexibility index (Phi) is 4.58. The summed E-state index contributed by atoms with van der Waals surface area (Å²) in [5.41, 5.74) is 0. The van der Waals surface area contributed by atoms with Crippen molar-refractivity contribution in [3.05, 3.63) is 0 Å². The topological polar surface area (TPSA) is 40.5 Å². The Morgan fingerprint density at radius 1 is 1.38 bits per heavy atom. The molecule has 0 aromatic heterocycles. The number of hydrogen-bond acceptors (Lipinski definition) is 2. The number of piperidine rings is 1. The number of rotatable bonds is 4. The van der Waals surface area contributed by atoms with Crippen molar-refractivity contribution in [2.75, 3.05) is 13.1 Å². The van der Waals surface area contributed by atoms with Crippen LogP contribution in [0.2, 0.25) is 0 Å². The van der Waals surface area contributed by atoms with Crippen molar-refractivity contribution in [2.24, 2.45) is 0 Å². The molecule has 3 nitrogen and oxygen atoms in total. The Morgan fingerprint density at radius 2 is 2.06 bits per heavy atom. The maximum absolute atomic E-state index is 11.9. The Bertz CT molecular complexity index is 243. The molecule has 0 aliphatic carbocycles. The fraction of sp³-hybridized carbons (Fsp3) is 0.900. The number of carboxylic acid groups (broad SMARTS) is 1. The molecule has 1 atom stereocenters. The molecule has 16 heavy (non-hydrogen) atoms. The summed E-state index contributed by atoms with van der Waals surface area (Å²) in [6, 6.07) is -0.595. The number of alkyl halides is 3. The molecule has 0 aromatic carbocycles. The van der Waals surface area contributed by atoms with Crippen molar-refractivity contribution in [3.63, 3.8) is 0 Å². The lowest BCUT2D eigenvalue weighted by atomic mass is 10.0. The van der Waals surface area contributed by atoms with E-state index >= 15 is 0 Å². The number of halogens is 3. The smallest absolute Gasteiger partial charge is 0.389 e. The molecule has 6 heteroatoms. The fourth-order valence-electron chi connectivity index (χ4n) is 2.02. The highest BCUT2D eigenvalue weighted by molar-refractivity contribution is 5.73. The molecule has 1 N–H and O–H groups in total. The largest absolute Gasteiger partial charge is 0.480 e. The van der Waals surface area contributed by atoms with E-state index in [1.165, 1.54) is 0 Å². The predicted octanol–water partition coefficient (Wildman–Crippen LogP) is 2.27. The summed E-state index contributed by atoms with van der Waals surface area (Å²) in [5, 5.41) is 8.90. The fourth-order valence-corrected chi connectivity index (χ4v) is 2.02. The van der Waals surface area contributed by atoms with E-state index in [4.69, 9.17) is 5.11 Å². The van der Waals surface area contributed by atoms with Crippen LogP contribution in [0.1, 0.15) is 32.1 Å². The van der Waals surface area contributed by atoms with Gasteiger partial charge < -0.3 is 5.11 Å². The summed E-state index contributed by atoms with van der Waals surface area (Å²) >= 11 is 0. The zero-order chi connectivity index (χ0) is 12.2. The van der Waals surface area contributed by atoms with Crippen molar-refractivity contribution in [1.29, 1.82) is 0 Å². The van der Waals surface area contributed by atoms with Crippen LogP contribution in [0.25, 0.3) is 0 Å². The zero-order valence-electron chi connectivity index (χ0n) is 8.96. The second-order valence-corrected chi connectivity index (χ2v) is 4.10. The Morgan fingerprint density at radius 3 is 2.62 bits per heavy atom. The third kappa shape index (κ3) is 4.38. The van der Waals surface area contributed by atoms with Crippen LogP contribution in [0.5, 0.6) is 0 Å². The number of carboxylic acids is 1. The van der Waals surface area contributed by atoms with Gasteiger partial charge in [0, 0.05) is 6.42 Å². The van der Waals surface area contributed by atoms with Gasteiger partial charge in [-0.15, -0.1) is 0 Å². The van der Waals surface area contributed by atoms with E-state index in [0.29, 0.717) is 13.0 Å². The van der Waals surface area contributed by atoms with Gasteiger partial charge in [-0.25, -0.2) is 0 Å². The number of aliphatic carboxylic acids is 1. The first-order valence-corrected chi connectivity index (χ1v) is 5.44.